The Kier molecular flexibility index (Phi) is 5.29. The van der Waals surface area contributed by atoms with Crippen molar-refractivity contribution in [2.75, 3.05) is 13.7 Å². The molecule has 26 heavy (non-hydrogen) atoms. The van der Waals surface area contributed by atoms with Crippen molar-refractivity contribution in [3.8, 4) is 11.5 Å². The Morgan fingerprint density at radius 2 is 2.23 bits per heavy atom. The van der Waals surface area contributed by atoms with Crippen LogP contribution in [-0.4, -0.2) is 34.9 Å². The summed E-state index contributed by atoms with van der Waals surface area (Å²) in [7, 11) is 1.41. The number of carbonyl (C=O) groups excluding carboxylic acids is 2. The van der Waals surface area contributed by atoms with Crippen LogP contribution in [0.1, 0.15) is 16.1 Å². The monoisotopic (exact) mass is 394 g/mol. The number of thiazole rings is 1. The molecular formula is C16H15ClN4O4S. The van der Waals surface area contributed by atoms with E-state index in [4.69, 9.17) is 26.8 Å². The smallest absolute Gasteiger partial charge is 0.255 e. The number of nitrogens with one attached hydrogen (secondary N) is 1. The highest BCUT2D eigenvalue weighted by Gasteiger charge is 2.17. The van der Waals surface area contributed by atoms with Gasteiger partial charge in [-0.05, 0) is 12.1 Å². The van der Waals surface area contributed by atoms with Gasteiger partial charge in [0.05, 0.1) is 24.4 Å². The molecule has 0 fully saturated rings. The molecule has 3 aromatic rings. The zero-order valence-corrected chi connectivity index (χ0v) is 15.3. The number of fused-ring (bicyclic) bond motifs is 1. The van der Waals surface area contributed by atoms with E-state index < -0.39 is 5.91 Å². The molecule has 8 nitrogen and oxygen atoms in total. The molecule has 2 heterocycles. The maximum absolute atomic E-state index is 12.4. The molecule has 0 unspecified atom stereocenters. The van der Waals surface area contributed by atoms with Gasteiger partial charge in [-0.2, -0.15) is 0 Å². The van der Waals surface area contributed by atoms with Crippen LogP contribution in [0.5, 0.6) is 11.5 Å². The molecule has 3 rings (SSSR count). The minimum atomic E-state index is -0.648. The zero-order chi connectivity index (χ0) is 18.7. The number of imidazole rings is 1. The Labute approximate surface area is 157 Å². The van der Waals surface area contributed by atoms with Crippen LogP contribution in [-0.2, 0) is 11.3 Å². The lowest BCUT2D eigenvalue weighted by atomic mass is 10.2. The number of halogens is 1. The predicted octanol–water partition coefficient (Wildman–Crippen LogP) is 1.85. The standard InChI is InChI=1S/C16H15ClN4O4S/c1-24-12-5-9(4-11(17)14(12)25-8-13(18)22)15(23)19-6-10-7-21-2-3-26-16(21)20-10/h2-5,7H,6,8H2,1H3,(H2,18,22)(H,19,23). The van der Waals surface area contributed by atoms with Crippen LogP contribution in [0.15, 0.2) is 29.9 Å². The number of methoxy groups -OCH3 is 1. The molecule has 0 saturated carbocycles. The first-order valence-electron chi connectivity index (χ1n) is 7.46. The van der Waals surface area contributed by atoms with E-state index in [-0.39, 0.29) is 35.6 Å². The van der Waals surface area contributed by atoms with Crippen molar-refractivity contribution >= 4 is 39.7 Å². The molecule has 0 bridgehead atoms. The van der Waals surface area contributed by atoms with Gasteiger partial charge in [-0.3, -0.25) is 14.0 Å². The van der Waals surface area contributed by atoms with Crippen LogP contribution in [0.25, 0.3) is 4.96 Å². The Hall–Kier alpha value is -2.78. The quantitative estimate of drug-likeness (QED) is 0.635. The van der Waals surface area contributed by atoms with E-state index in [9.17, 15) is 9.59 Å². The van der Waals surface area contributed by atoms with Crippen LogP contribution in [0.3, 0.4) is 0 Å². The summed E-state index contributed by atoms with van der Waals surface area (Å²) in [6.07, 6.45) is 3.74. The molecule has 1 aromatic carbocycles. The molecule has 10 heteroatoms. The van der Waals surface area contributed by atoms with Crippen molar-refractivity contribution in [3.63, 3.8) is 0 Å². The number of nitrogens with zero attached hydrogens (tertiary/aromatic N) is 2. The number of amides is 2. The number of rotatable bonds is 7. The van der Waals surface area contributed by atoms with Gasteiger partial charge in [0.25, 0.3) is 11.8 Å². The molecule has 0 radical (unpaired) electrons. The highest BCUT2D eigenvalue weighted by molar-refractivity contribution is 7.15. The van der Waals surface area contributed by atoms with Gasteiger partial charge in [-0.25, -0.2) is 4.98 Å². The van der Waals surface area contributed by atoms with Crippen molar-refractivity contribution in [2.24, 2.45) is 5.73 Å². The fourth-order valence-corrected chi connectivity index (χ4v) is 3.25. The third kappa shape index (κ3) is 3.89. The molecule has 0 aliphatic rings. The van der Waals surface area contributed by atoms with Gasteiger partial charge in [-0.1, -0.05) is 11.6 Å². The lowest BCUT2D eigenvalue weighted by Crippen LogP contribution is -2.23. The molecule has 0 aliphatic heterocycles. The molecule has 0 spiro atoms. The molecule has 0 aliphatic carbocycles. The van der Waals surface area contributed by atoms with Gasteiger partial charge >= 0.3 is 0 Å². The van der Waals surface area contributed by atoms with E-state index in [2.05, 4.69) is 10.3 Å². The number of hydrogen-bond acceptors (Lipinski definition) is 6. The molecular weight excluding hydrogens is 380 g/mol. The average Bonchev–Trinajstić information content (AvgIpc) is 3.19. The molecule has 136 valence electrons. The van der Waals surface area contributed by atoms with Crippen LogP contribution in [0, 0.1) is 0 Å². The first kappa shape index (κ1) is 18.0. The Bertz CT molecular complexity index is 940. The van der Waals surface area contributed by atoms with E-state index in [1.54, 1.807) is 0 Å². The first-order valence-corrected chi connectivity index (χ1v) is 8.71. The third-order valence-corrected chi connectivity index (χ3v) is 4.48. The zero-order valence-electron chi connectivity index (χ0n) is 13.7. The minimum absolute atomic E-state index is 0.137. The fraction of sp³-hybridized carbons (Fsp3) is 0.188. The van der Waals surface area contributed by atoms with E-state index in [0.29, 0.717) is 5.56 Å². The van der Waals surface area contributed by atoms with Gasteiger partial charge in [-0.15, -0.1) is 11.3 Å². The fourth-order valence-electron chi connectivity index (χ4n) is 2.27. The Balaban J connectivity index is 1.72. The van der Waals surface area contributed by atoms with E-state index in [1.807, 2.05) is 22.2 Å². The second-order valence-corrected chi connectivity index (χ2v) is 6.53. The SMILES string of the molecule is COc1cc(C(=O)NCc2cn3ccsc3n2)cc(Cl)c1OCC(N)=O. The van der Waals surface area contributed by atoms with Crippen molar-refractivity contribution in [3.05, 3.63) is 46.2 Å². The van der Waals surface area contributed by atoms with Gasteiger partial charge < -0.3 is 20.5 Å². The maximum Gasteiger partial charge on any atom is 0.255 e. The molecule has 2 amide bonds. The molecule has 0 atom stereocenters. The maximum atomic E-state index is 12.4. The van der Waals surface area contributed by atoms with Crippen molar-refractivity contribution in [1.29, 1.82) is 0 Å². The number of benzene rings is 1. The molecule has 2 aromatic heterocycles. The Morgan fingerprint density at radius 1 is 1.42 bits per heavy atom. The normalized spacial score (nSPS) is 10.7. The minimum Gasteiger partial charge on any atom is -0.493 e. The lowest BCUT2D eigenvalue weighted by molar-refractivity contribution is -0.119. The predicted molar refractivity (Wildman–Crippen MR) is 96.9 cm³/mol. The van der Waals surface area contributed by atoms with Gasteiger partial charge in [0.1, 0.15) is 0 Å². The van der Waals surface area contributed by atoms with Crippen LogP contribution in [0.2, 0.25) is 5.02 Å². The summed E-state index contributed by atoms with van der Waals surface area (Å²) in [6, 6.07) is 2.91. The van der Waals surface area contributed by atoms with Crippen LogP contribution in [0.4, 0.5) is 0 Å². The number of ether oxygens (including phenoxy) is 2. The molecule has 3 N–H and O–H groups in total. The number of carbonyl (C=O) groups is 2. The highest BCUT2D eigenvalue weighted by Crippen LogP contribution is 2.36. The van der Waals surface area contributed by atoms with E-state index in [1.165, 1.54) is 30.6 Å². The summed E-state index contributed by atoms with van der Waals surface area (Å²) in [5.74, 6) is -0.613. The summed E-state index contributed by atoms with van der Waals surface area (Å²) < 4.78 is 12.3. The summed E-state index contributed by atoms with van der Waals surface area (Å²) in [5, 5.41) is 4.84. The molecule has 0 saturated heterocycles. The summed E-state index contributed by atoms with van der Waals surface area (Å²) in [5.41, 5.74) is 6.09. The number of aromatic nitrogens is 2. The number of nitrogens with two attached hydrogens (primary N) is 1. The van der Waals surface area contributed by atoms with Crippen LogP contribution < -0.4 is 20.5 Å². The summed E-state index contributed by atoms with van der Waals surface area (Å²) >= 11 is 7.66. The van der Waals surface area contributed by atoms with Crippen molar-refractivity contribution in [1.82, 2.24) is 14.7 Å². The number of hydrogen-bond donors (Lipinski definition) is 2. The highest BCUT2D eigenvalue weighted by atomic mass is 35.5. The van der Waals surface area contributed by atoms with Crippen molar-refractivity contribution in [2.45, 2.75) is 6.54 Å². The second kappa shape index (κ2) is 7.63. The second-order valence-electron chi connectivity index (χ2n) is 5.25. The average molecular weight is 395 g/mol. The van der Waals surface area contributed by atoms with Crippen molar-refractivity contribution < 1.29 is 19.1 Å². The number of primary amides is 1. The van der Waals surface area contributed by atoms with Gasteiger partial charge in [0.2, 0.25) is 0 Å². The van der Waals surface area contributed by atoms with Gasteiger partial charge in [0.15, 0.2) is 23.1 Å². The van der Waals surface area contributed by atoms with Gasteiger partial charge in [0, 0.05) is 23.3 Å². The third-order valence-electron chi connectivity index (χ3n) is 3.42. The summed E-state index contributed by atoms with van der Waals surface area (Å²) in [4.78, 5) is 28.5. The lowest BCUT2D eigenvalue weighted by Gasteiger charge is -2.13. The Morgan fingerprint density at radius 3 is 2.92 bits per heavy atom. The van der Waals surface area contributed by atoms with E-state index in [0.717, 1.165) is 10.7 Å². The van der Waals surface area contributed by atoms with E-state index >= 15 is 0 Å². The van der Waals surface area contributed by atoms with Crippen LogP contribution >= 0.6 is 22.9 Å². The topological polar surface area (TPSA) is 108 Å². The largest absolute Gasteiger partial charge is 0.493 e. The first-order chi connectivity index (χ1) is 12.5. The summed E-state index contributed by atoms with van der Waals surface area (Å²) in [6.45, 7) is -0.0772.